The van der Waals surface area contributed by atoms with Crippen molar-refractivity contribution in [2.24, 2.45) is 0 Å². The summed E-state index contributed by atoms with van der Waals surface area (Å²) in [7, 11) is 0. The van der Waals surface area contributed by atoms with E-state index in [1.54, 1.807) is 0 Å². The SMILES string of the molecule is CC(CCc1ccccc1)NC(=O)C1(c2ccc(Cl)cc2)CCC1. The van der Waals surface area contributed by atoms with E-state index in [9.17, 15) is 4.79 Å². The van der Waals surface area contributed by atoms with Gasteiger partial charge in [0.15, 0.2) is 0 Å². The molecule has 0 spiro atoms. The molecular weight excluding hydrogens is 318 g/mol. The lowest BCUT2D eigenvalue weighted by atomic mass is 9.63. The highest BCUT2D eigenvalue weighted by Gasteiger charge is 2.45. The summed E-state index contributed by atoms with van der Waals surface area (Å²) in [5.41, 5.74) is 2.05. The molecule has 3 rings (SSSR count). The van der Waals surface area contributed by atoms with E-state index >= 15 is 0 Å². The van der Waals surface area contributed by atoms with E-state index in [2.05, 4.69) is 36.5 Å². The van der Waals surface area contributed by atoms with Gasteiger partial charge in [-0.1, -0.05) is 60.5 Å². The lowest BCUT2D eigenvalue weighted by Crippen LogP contribution is -2.51. The fourth-order valence-corrected chi connectivity index (χ4v) is 3.53. The maximum Gasteiger partial charge on any atom is 0.230 e. The van der Waals surface area contributed by atoms with Gasteiger partial charge < -0.3 is 5.32 Å². The Kier molecular flexibility index (Phi) is 5.25. The molecule has 0 bridgehead atoms. The molecule has 1 saturated carbocycles. The maximum absolute atomic E-state index is 12.9. The molecule has 1 unspecified atom stereocenters. The predicted octanol–water partition coefficient (Wildman–Crippen LogP) is 4.90. The van der Waals surface area contributed by atoms with Gasteiger partial charge in [0.1, 0.15) is 0 Å². The van der Waals surface area contributed by atoms with Crippen LogP contribution in [0, 0.1) is 0 Å². The number of carbonyl (C=O) groups is 1. The second-order valence-corrected chi connectivity index (χ2v) is 7.28. The maximum atomic E-state index is 12.9. The Morgan fingerprint density at radius 2 is 1.79 bits per heavy atom. The molecule has 2 nitrogen and oxygen atoms in total. The van der Waals surface area contributed by atoms with Gasteiger partial charge in [0.2, 0.25) is 5.91 Å². The first-order chi connectivity index (χ1) is 11.6. The van der Waals surface area contributed by atoms with E-state index < -0.39 is 0 Å². The van der Waals surface area contributed by atoms with E-state index in [1.807, 2.05) is 30.3 Å². The number of hydrogen-bond donors (Lipinski definition) is 1. The molecule has 3 heteroatoms. The zero-order valence-corrected chi connectivity index (χ0v) is 14.9. The summed E-state index contributed by atoms with van der Waals surface area (Å²) in [6, 6.07) is 18.3. The molecule has 1 atom stereocenters. The lowest BCUT2D eigenvalue weighted by Gasteiger charge is -2.41. The second-order valence-electron chi connectivity index (χ2n) is 6.84. The van der Waals surface area contributed by atoms with Crippen LogP contribution in [0.4, 0.5) is 0 Å². The van der Waals surface area contributed by atoms with E-state index in [0.29, 0.717) is 5.02 Å². The van der Waals surface area contributed by atoms with E-state index in [0.717, 1.165) is 37.7 Å². The summed E-state index contributed by atoms with van der Waals surface area (Å²) in [5, 5.41) is 3.95. The average Bonchev–Trinajstić information content (AvgIpc) is 2.54. The quantitative estimate of drug-likeness (QED) is 0.795. The van der Waals surface area contributed by atoms with Crippen molar-refractivity contribution in [3.05, 3.63) is 70.7 Å². The number of aryl methyl sites for hydroxylation is 1. The van der Waals surface area contributed by atoms with Gasteiger partial charge in [-0.25, -0.2) is 0 Å². The highest BCUT2D eigenvalue weighted by atomic mass is 35.5. The van der Waals surface area contributed by atoms with Crippen LogP contribution in [-0.2, 0) is 16.6 Å². The molecule has 0 aliphatic heterocycles. The van der Waals surface area contributed by atoms with Gasteiger partial charge >= 0.3 is 0 Å². The van der Waals surface area contributed by atoms with Crippen LogP contribution < -0.4 is 5.32 Å². The summed E-state index contributed by atoms with van der Waals surface area (Å²) < 4.78 is 0. The number of benzene rings is 2. The average molecular weight is 342 g/mol. The van der Waals surface area contributed by atoms with Gasteiger partial charge in [0.05, 0.1) is 5.41 Å². The summed E-state index contributed by atoms with van der Waals surface area (Å²) in [5.74, 6) is 0.164. The molecule has 24 heavy (non-hydrogen) atoms. The van der Waals surface area contributed by atoms with Gasteiger partial charge in [-0.3, -0.25) is 4.79 Å². The molecule has 0 saturated heterocycles. The summed E-state index contributed by atoms with van der Waals surface area (Å²) >= 11 is 5.99. The first-order valence-electron chi connectivity index (χ1n) is 8.71. The molecule has 1 aliphatic rings. The topological polar surface area (TPSA) is 29.1 Å². The largest absolute Gasteiger partial charge is 0.353 e. The lowest BCUT2D eigenvalue weighted by molar-refractivity contribution is -0.130. The highest BCUT2D eigenvalue weighted by molar-refractivity contribution is 6.30. The molecule has 0 aromatic heterocycles. The van der Waals surface area contributed by atoms with Gasteiger partial charge in [0.25, 0.3) is 0 Å². The van der Waals surface area contributed by atoms with Crippen LogP contribution in [0.5, 0.6) is 0 Å². The van der Waals surface area contributed by atoms with Crippen molar-refractivity contribution in [1.82, 2.24) is 5.32 Å². The molecule has 1 fully saturated rings. The van der Waals surface area contributed by atoms with Crippen LogP contribution >= 0.6 is 11.6 Å². The van der Waals surface area contributed by atoms with E-state index in [4.69, 9.17) is 11.6 Å². The minimum absolute atomic E-state index is 0.164. The van der Waals surface area contributed by atoms with Gasteiger partial charge in [-0.15, -0.1) is 0 Å². The molecule has 1 aliphatic carbocycles. The fraction of sp³-hybridized carbons (Fsp3) is 0.381. The predicted molar refractivity (Wildman–Crippen MR) is 99.3 cm³/mol. The first-order valence-corrected chi connectivity index (χ1v) is 9.09. The van der Waals surface area contributed by atoms with Gasteiger partial charge in [0, 0.05) is 11.1 Å². The molecule has 2 aromatic carbocycles. The number of nitrogens with one attached hydrogen (secondary N) is 1. The van der Waals surface area contributed by atoms with Crippen molar-refractivity contribution >= 4 is 17.5 Å². The smallest absolute Gasteiger partial charge is 0.230 e. The molecule has 1 amide bonds. The Labute approximate surface area is 149 Å². The van der Waals surface area contributed by atoms with Crippen LogP contribution in [0.2, 0.25) is 5.02 Å². The molecule has 0 heterocycles. The number of amides is 1. The zero-order chi connectivity index (χ0) is 17.0. The van der Waals surface area contributed by atoms with Crippen LogP contribution in [0.1, 0.15) is 43.7 Å². The van der Waals surface area contributed by atoms with Crippen LogP contribution in [-0.4, -0.2) is 11.9 Å². The highest BCUT2D eigenvalue weighted by Crippen LogP contribution is 2.44. The standard InChI is InChI=1S/C21H24ClNO/c1-16(8-9-17-6-3-2-4-7-17)23-20(24)21(14-5-15-21)18-10-12-19(22)13-11-18/h2-4,6-7,10-13,16H,5,8-9,14-15H2,1H3,(H,23,24). The minimum atomic E-state index is -0.356. The molecule has 126 valence electrons. The Balaban J connectivity index is 1.61. The third-order valence-electron chi connectivity index (χ3n) is 5.12. The number of halogens is 1. The fourth-order valence-electron chi connectivity index (χ4n) is 3.41. The molecule has 1 N–H and O–H groups in total. The van der Waals surface area contributed by atoms with Gasteiger partial charge in [-0.05, 0) is 55.9 Å². The third kappa shape index (κ3) is 3.64. The van der Waals surface area contributed by atoms with Crippen molar-refractivity contribution in [3.8, 4) is 0 Å². The zero-order valence-electron chi connectivity index (χ0n) is 14.1. The summed E-state index contributed by atoms with van der Waals surface area (Å²) in [4.78, 5) is 12.9. The van der Waals surface area contributed by atoms with E-state index in [-0.39, 0.29) is 17.4 Å². The van der Waals surface area contributed by atoms with Crippen molar-refractivity contribution in [2.75, 3.05) is 0 Å². The third-order valence-corrected chi connectivity index (χ3v) is 5.38. The minimum Gasteiger partial charge on any atom is -0.353 e. The van der Waals surface area contributed by atoms with Crippen LogP contribution in [0.25, 0.3) is 0 Å². The van der Waals surface area contributed by atoms with Crippen molar-refractivity contribution in [2.45, 2.75) is 50.5 Å². The monoisotopic (exact) mass is 341 g/mol. The Hall–Kier alpha value is -1.80. The number of rotatable bonds is 6. The van der Waals surface area contributed by atoms with Crippen LogP contribution in [0.15, 0.2) is 54.6 Å². The Morgan fingerprint density at radius 3 is 2.38 bits per heavy atom. The summed E-state index contributed by atoms with van der Waals surface area (Å²) in [6.45, 7) is 2.09. The van der Waals surface area contributed by atoms with Crippen LogP contribution in [0.3, 0.4) is 0 Å². The first kappa shape index (κ1) is 17.0. The molecule has 2 aromatic rings. The Morgan fingerprint density at radius 1 is 1.12 bits per heavy atom. The summed E-state index contributed by atoms with van der Waals surface area (Å²) in [6.07, 6.45) is 4.88. The molecule has 0 radical (unpaired) electrons. The molecular formula is C21H24ClNO. The van der Waals surface area contributed by atoms with Crippen molar-refractivity contribution in [3.63, 3.8) is 0 Å². The normalized spacial score (nSPS) is 16.9. The second kappa shape index (κ2) is 7.40. The Bertz CT molecular complexity index is 677. The van der Waals surface area contributed by atoms with Crippen molar-refractivity contribution in [1.29, 1.82) is 0 Å². The van der Waals surface area contributed by atoms with Gasteiger partial charge in [-0.2, -0.15) is 0 Å². The number of carbonyl (C=O) groups excluding carboxylic acids is 1. The van der Waals surface area contributed by atoms with Crippen molar-refractivity contribution < 1.29 is 4.79 Å². The van der Waals surface area contributed by atoms with E-state index in [1.165, 1.54) is 5.56 Å². The number of hydrogen-bond acceptors (Lipinski definition) is 1.